The largest absolute Gasteiger partial charge is 0.462 e. The van der Waals surface area contributed by atoms with Gasteiger partial charge in [-0.05, 0) is 19.8 Å². The number of nitrogens with one attached hydrogen (secondary N) is 2. The van der Waals surface area contributed by atoms with Crippen LogP contribution in [-0.4, -0.2) is 37.2 Å². The van der Waals surface area contributed by atoms with Gasteiger partial charge in [0.05, 0.1) is 12.8 Å². The van der Waals surface area contributed by atoms with Gasteiger partial charge in [-0.25, -0.2) is 17.9 Å². The van der Waals surface area contributed by atoms with Gasteiger partial charge in [-0.15, -0.1) is 0 Å². The fraction of sp³-hybridized carbons (Fsp3) is 0.636. The van der Waals surface area contributed by atoms with Crippen molar-refractivity contribution in [2.24, 2.45) is 0 Å². The monoisotopic (exact) mass is 289 g/mol. The average molecular weight is 289 g/mol. The number of carbonyl (C=O) groups excluding carboxylic acids is 1. The average Bonchev–Trinajstić information content (AvgIpc) is 2.86. The maximum atomic E-state index is 12.2. The molecule has 0 aliphatic heterocycles. The number of esters is 1. The van der Waals surface area contributed by atoms with Gasteiger partial charge in [0.15, 0.2) is 5.03 Å². The minimum absolute atomic E-state index is 0.0830. The van der Waals surface area contributed by atoms with Gasteiger partial charge in [0.2, 0.25) is 0 Å². The molecule has 1 heterocycles. The number of aromatic amines is 1. The van der Waals surface area contributed by atoms with Crippen LogP contribution in [0, 0.1) is 0 Å². The molecule has 1 rings (SSSR count). The van der Waals surface area contributed by atoms with Crippen molar-refractivity contribution in [3.05, 3.63) is 11.8 Å². The number of hydrogen-bond donors (Lipinski definition) is 2. The van der Waals surface area contributed by atoms with Crippen LogP contribution in [0.5, 0.6) is 0 Å². The predicted octanol–water partition coefficient (Wildman–Crippen LogP) is 1.05. The first-order valence-corrected chi connectivity index (χ1v) is 7.67. The molecule has 7 nitrogen and oxygen atoms in total. The van der Waals surface area contributed by atoms with Crippen molar-refractivity contribution in [2.45, 2.75) is 44.7 Å². The van der Waals surface area contributed by atoms with E-state index < -0.39 is 16.0 Å². The summed E-state index contributed by atoms with van der Waals surface area (Å²) >= 11 is 0. The van der Waals surface area contributed by atoms with E-state index in [9.17, 15) is 13.2 Å². The Bertz CT molecular complexity index is 520. The molecule has 0 amide bonds. The second-order valence-corrected chi connectivity index (χ2v) is 5.62. The standard InChI is InChI=1S/C11H19N3O4S/c1-4-8(5-2)14-19(16,17)10-9(7-12-13-10)11(15)18-6-3/h7-8,14H,4-6H2,1-3H3,(H,12,13). The van der Waals surface area contributed by atoms with Crippen molar-refractivity contribution in [2.75, 3.05) is 6.61 Å². The fourth-order valence-corrected chi connectivity index (χ4v) is 3.06. The minimum atomic E-state index is -3.80. The number of ether oxygens (including phenoxy) is 1. The van der Waals surface area contributed by atoms with Gasteiger partial charge in [0.25, 0.3) is 10.0 Å². The van der Waals surface area contributed by atoms with Gasteiger partial charge >= 0.3 is 5.97 Å². The zero-order valence-electron chi connectivity index (χ0n) is 11.3. The van der Waals surface area contributed by atoms with Crippen molar-refractivity contribution in [1.29, 1.82) is 0 Å². The van der Waals surface area contributed by atoms with Crippen LogP contribution in [0.2, 0.25) is 0 Å². The Morgan fingerprint density at radius 2 is 2.05 bits per heavy atom. The normalized spacial score (nSPS) is 11.8. The van der Waals surface area contributed by atoms with Crippen LogP contribution in [0.15, 0.2) is 11.2 Å². The number of hydrogen-bond acceptors (Lipinski definition) is 5. The zero-order valence-corrected chi connectivity index (χ0v) is 12.1. The molecule has 0 saturated carbocycles. The van der Waals surface area contributed by atoms with E-state index in [1.165, 1.54) is 0 Å². The fourth-order valence-electron chi connectivity index (χ4n) is 1.57. The van der Waals surface area contributed by atoms with Crippen LogP contribution in [0.25, 0.3) is 0 Å². The summed E-state index contributed by atoms with van der Waals surface area (Å²) in [7, 11) is -3.80. The molecular weight excluding hydrogens is 270 g/mol. The first-order chi connectivity index (χ1) is 8.96. The lowest BCUT2D eigenvalue weighted by Crippen LogP contribution is -2.34. The summed E-state index contributed by atoms with van der Waals surface area (Å²) in [4.78, 5) is 11.6. The van der Waals surface area contributed by atoms with Crippen LogP contribution in [-0.2, 0) is 14.8 Å². The number of aromatic nitrogens is 2. The Balaban J connectivity index is 3.02. The Kier molecular flexibility index (Phi) is 5.49. The third kappa shape index (κ3) is 3.77. The summed E-state index contributed by atoms with van der Waals surface area (Å²) in [5.74, 6) is -0.707. The lowest BCUT2D eigenvalue weighted by Gasteiger charge is -2.14. The van der Waals surface area contributed by atoms with Crippen molar-refractivity contribution in [1.82, 2.24) is 14.9 Å². The maximum Gasteiger partial charge on any atom is 0.342 e. The summed E-state index contributed by atoms with van der Waals surface area (Å²) in [5.41, 5.74) is -0.0830. The van der Waals surface area contributed by atoms with Gasteiger partial charge in [-0.3, -0.25) is 5.10 Å². The van der Waals surface area contributed by atoms with E-state index in [0.717, 1.165) is 6.20 Å². The van der Waals surface area contributed by atoms with Crippen molar-refractivity contribution in [3.63, 3.8) is 0 Å². The number of sulfonamides is 1. The molecule has 0 spiro atoms. The second-order valence-electron chi connectivity index (χ2n) is 3.97. The molecule has 0 saturated heterocycles. The van der Waals surface area contributed by atoms with E-state index in [1.54, 1.807) is 6.92 Å². The van der Waals surface area contributed by atoms with Crippen LogP contribution in [0.4, 0.5) is 0 Å². The SMILES string of the molecule is CCOC(=O)c1cn[nH]c1S(=O)(=O)NC(CC)CC. The first-order valence-electron chi connectivity index (χ1n) is 6.19. The molecule has 108 valence electrons. The Hall–Kier alpha value is -1.41. The summed E-state index contributed by atoms with van der Waals surface area (Å²) in [6.07, 6.45) is 2.48. The highest BCUT2D eigenvalue weighted by molar-refractivity contribution is 7.89. The van der Waals surface area contributed by atoms with Crippen molar-refractivity contribution >= 4 is 16.0 Å². The van der Waals surface area contributed by atoms with Crippen LogP contribution >= 0.6 is 0 Å². The number of carbonyl (C=O) groups is 1. The maximum absolute atomic E-state index is 12.2. The van der Waals surface area contributed by atoms with Crippen LogP contribution in [0.3, 0.4) is 0 Å². The third-order valence-corrected chi connectivity index (χ3v) is 4.17. The molecular formula is C11H19N3O4S. The van der Waals surface area contributed by atoms with Crippen LogP contribution in [0.1, 0.15) is 44.0 Å². The van der Waals surface area contributed by atoms with Crippen LogP contribution < -0.4 is 4.72 Å². The molecule has 0 unspecified atom stereocenters. The highest BCUT2D eigenvalue weighted by Gasteiger charge is 2.27. The van der Waals surface area contributed by atoms with Crippen molar-refractivity contribution < 1.29 is 17.9 Å². The van der Waals surface area contributed by atoms with Gasteiger partial charge in [0.1, 0.15) is 5.56 Å². The lowest BCUT2D eigenvalue weighted by atomic mass is 10.2. The molecule has 1 aromatic heterocycles. The summed E-state index contributed by atoms with van der Waals surface area (Å²) in [6.45, 7) is 5.59. The summed E-state index contributed by atoms with van der Waals surface area (Å²) in [5, 5.41) is 5.69. The molecule has 0 aromatic carbocycles. The van der Waals surface area contributed by atoms with E-state index in [1.807, 2.05) is 13.8 Å². The molecule has 0 atom stereocenters. The van der Waals surface area contributed by atoms with Gasteiger partial charge in [-0.2, -0.15) is 5.10 Å². The molecule has 2 N–H and O–H groups in total. The van der Waals surface area contributed by atoms with Crippen molar-refractivity contribution in [3.8, 4) is 0 Å². The Labute approximate surface area is 112 Å². The molecule has 0 aliphatic rings. The highest BCUT2D eigenvalue weighted by Crippen LogP contribution is 2.14. The molecule has 8 heteroatoms. The zero-order chi connectivity index (χ0) is 14.5. The minimum Gasteiger partial charge on any atom is -0.462 e. The Morgan fingerprint density at radius 1 is 1.42 bits per heavy atom. The van der Waals surface area contributed by atoms with Gasteiger partial charge in [0, 0.05) is 6.04 Å². The van der Waals surface area contributed by atoms with E-state index in [2.05, 4.69) is 14.9 Å². The number of H-pyrrole nitrogens is 1. The topological polar surface area (TPSA) is 101 Å². The molecule has 0 aliphatic carbocycles. The smallest absolute Gasteiger partial charge is 0.342 e. The molecule has 19 heavy (non-hydrogen) atoms. The van der Waals surface area contributed by atoms with E-state index in [0.29, 0.717) is 12.8 Å². The molecule has 1 aromatic rings. The molecule has 0 fully saturated rings. The summed E-state index contributed by atoms with van der Waals surface area (Å²) in [6, 6.07) is -0.177. The molecule has 0 bridgehead atoms. The lowest BCUT2D eigenvalue weighted by molar-refractivity contribution is 0.0522. The van der Waals surface area contributed by atoms with Gasteiger partial charge < -0.3 is 4.74 Å². The number of rotatable bonds is 7. The quantitative estimate of drug-likeness (QED) is 0.731. The molecule has 0 radical (unpaired) electrons. The summed E-state index contributed by atoms with van der Waals surface area (Å²) < 4.78 is 31.6. The van der Waals surface area contributed by atoms with E-state index in [-0.39, 0.29) is 23.2 Å². The second kappa shape index (κ2) is 6.67. The van der Waals surface area contributed by atoms with E-state index >= 15 is 0 Å². The highest BCUT2D eigenvalue weighted by atomic mass is 32.2. The predicted molar refractivity (Wildman–Crippen MR) is 69.2 cm³/mol. The number of nitrogens with zero attached hydrogens (tertiary/aromatic N) is 1. The first kappa shape index (κ1) is 15.6. The van der Waals surface area contributed by atoms with Gasteiger partial charge in [-0.1, -0.05) is 13.8 Å². The third-order valence-electron chi connectivity index (χ3n) is 2.68. The van der Waals surface area contributed by atoms with E-state index in [4.69, 9.17) is 4.74 Å². The Morgan fingerprint density at radius 3 is 2.58 bits per heavy atom.